The van der Waals surface area contributed by atoms with E-state index in [2.05, 4.69) is 10.6 Å². The third kappa shape index (κ3) is 2.88. The van der Waals surface area contributed by atoms with Crippen molar-refractivity contribution in [1.82, 2.24) is 5.32 Å². The van der Waals surface area contributed by atoms with Gasteiger partial charge in [-0.1, -0.05) is 23.2 Å². The Labute approximate surface area is 104 Å². The van der Waals surface area contributed by atoms with Crippen molar-refractivity contribution in [3.05, 3.63) is 28.2 Å². The fourth-order valence-electron chi connectivity index (χ4n) is 1.54. The van der Waals surface area contributed by atoms with E-state index in [9.17, 15) is 4.79 Å². The van der Waals surface area contributed by atoms with Gasteiger partial charge in [0.15, 0.2) is 0 Å². The van der Waals surface area contributed by atoms with Crippen LogP contribution in [0, 0.1) is 5.92 Å². The lowest BCUT2D eigenvalue weighted by atomic mass is 9.99. The Bertz CT molecular complexity index is 405. The van der Waals surface area contributed by atoms with Crippen LogP contribution in [0.1, 0.15) is 6.42 Å². The second kappa shape index (κ2) is 5.04. The molecular formula is C11H12Cl2N2O. The third-order valence-electron chi connectivity index (χ3n) is 2.54. The quantitative estimate of drug-likeness (QED) is 0.875. The van der Waals surface area contributed by atoms with E-state index in [4.69, 9.17) is 23.2 Å². The summed E-state index contributed by atoms with van der Waals surface area (Å²) in [4.78, 5) is 11.6. The number of rotatable bonds is 3. The Morgan fingerprint density at radius 3 is 2.69 bits per heavy atom. The highest BCUT2D eigenvalue weighted by Gasteiger charge is 2.20. The van der Waals surface area contributed by atoms with E-state index in [0.717, 1.165) is 13.1 Å². The van der Waals surface area contributed by atoms with Crippen LogP contribution in [0.25, 0.3) is 0 Å². The molecule has 1 amide bonds. The van der Waals surface area contributed by atoms with Crippen LogP contribution in [0.15, 0.2) is 18.2 Å². The number of amides is 1. The molecule has 86 valence electrons. The molecule has 1 aliphatic rings. The molecule has 0 unspecified atom stereocenters. The molecule has 16 heavy (non-hydrogen) atoms. The Morgan fingerprint density at radius 2 is 2.12 bits per heavy atom. The molecular weight excluding hydrogens is 247 g/mol. The smallest absolute Gasteiger partial charge is 0.224 e. The molecule has 2 N–H and O–H groups in total. The molecule has 0 radical (unpaired) electrons. The summed E-state index contributed by atoms with van der Waals surface area (Å²) < 4.78 is 0. The van der Waals surface area contributed by atoms with Crippen LogP contribution in [-0.4, -0.2) is 19.0 Å². The molecule has 1 aromatic rings. The van der Waals surface area contributed by atoms with Gasteiger partial charge < -0.3 is 10.6 Å². The highest BCUT2D eigenvalue weighted by atomic mass is 35.5. The Balaban J connectivity index is 1.92. The third-order valence-corrected chi connectivity index (χ3v) is 3.28. The van der Waals surface area contributed by atoms with Gasteiger partial charge in [0.05, 0.1) is 10.0 Å². The summed E-state index contributed by atoms with van der Waals surface area (Å²) in [6.07, 6.45) is 0.549. The molecule has 0 bridgehead atoms. The van der Waals surface area contributed by atoms with Crippen LogP contribution in [0.3, 0.4) is 0 Å². The Kier molecular flexibility index (Phi) is 3.69. The largest absolute Gasteiger partial charge is 0.326 e. The minimum atomic E-state index is 0.0184. The van der Waals surface area contributed by atoms with E-state index in [1.165, 1.54) is 0 Å². The molecule has 0 aliphatic carbocycles. The molecule has 2 rings (SSSR count). The number of hydrogen-bond donors (Lipinski definition) is 2. The molecule has 0 aromatic heterocycles. The van der Waals surface area contributed by atoms with Crippen LogP contribution < -0.4 is 10.6 Å². The zero-order valence-corrected chi connectivity index (χ0v) is 10.1. The maximum Gasteiger partial charge on any atom is 0.224 e. The first-order valence-electron chi connectivity index (χ1n) is 5.11. The minimum absolute atomic E-state index is 0.0184. The summed E-state index contributed by atoms with van der Waals surface area (Å²) in [6, 6.07) is 5.07. The van der Waals surface area contributed by atoms with Crippen LogP contribution in [0.4, 0.5) is 5.69 Å². The highest BCUT2D eigenvalue weighted by Crippen LogP contribution is 2.25. The first-order chi connectivity index (χ1) is 7.65. The topological polar surface area (TPSA) is 41.1 Å². The van der Waals surface area contributed by atoms with Gasteiger partial charge >= 0.3 is 0 Å². The average molecular weight is 259 g/mol. The number of hydrogen-bond acceptors (Lipinski definition) is 2. The molecule has 5 heteroatoms. The number of carbonyl (C=O) groups is 1. The predicted molar refractivity (Wildman–Crippen MR) is 66.1 cm³/mol. The fourth-order valence-corrected chi connectivity index (χ4v) is 1.84. The summed E-state index contributed by atoms with van der Waals surface area (Å²) in [5.74, 6) is 0.479. The van der Waals surface area contributed by atoms with Gasteiger partial charge in [-0.2, -0.15) is 0 Å². The molecule has 1 aromatic carbocycles. The van der Waals surface area contributed by atoms with Crippen LogP contribution >= 0.6 is 23.2 Å². The van der Waals surface area contributed by atoms with E-state index >= 15 is 0 Å². The highest BCUT2D eigenvalue weighted by molar-refractivity contribution is 6.42. The normalized spacial score (nSPS) is 15.6. The summed E-state index contributed by atoms with van der Waals surface area (Å²) >= 11 is 11.6. The Hall–Kier alpha value is -0.770. The number of halogens is 2. The predicted octanol–water partition coefficient (Wildman–Crippen LogP) is 2.54. The summed E-state index contributed by atoms with van der Waals surface area (Å²) in [5, 5.41) is 6.87. The van der Waals surface area contributed by atoms with Crippen molar-refractivity contribution in [2.75, 3.05) is 18.4 Å². The van der Waals surface area contributed by atoms with Gasteiger partial charge in [-0.15, -0.1) is 0 Å². The van der Waals surface area contributed by atoms with Gasteiger partial charge in [0, 0.05) is 12.1 Å². The molecule has 1 aliphatic heterocycles. The van der Waals surface area contributed by atoms with Gasteiger partial charge in [0.1, 0.15) is 0 Å². The van der Waals surface area contributed by atoms with Crippen molar-refractivity contribution in [2.45, 2.75) is 6.42 Å². The first kappa shape index (κ1) is 11.7. The van der Waals surface area contributed by atoms with Crippen LogP contribution in [0.2, 0.25) is 10.0 Å². The van der Waals surface area contributed by atoms with E-state index in [-0.39, 0.29) is 5.91 Å². The molecule has 0 atom stereocenters. The van der Waals surface area contributed by atoms with Crippen molar-refractivity contribution >= 4 is 34.8 Å². The molecule has 3 nitrogen and oxygen atoms in total. The SMILES string of the molecule is O=C(CC1CNC1)Nc1ccc(Cl)c(Cl)c1. The lowest BCUT2D eigenvalue weighted by molar-refractivity contribution is -0.117. The number of nitrogens with one attached hydrogen (secondary N) is 2. The summed E-state index contributed by atoms with van der Waals surface area (Å²) in [5.41, 5.74) is 0.687. The standard InChI is InChI=1S/C11H12Cl2N2O/c12-9-2-1-8(4-10(9)13)15-11(16)3-7-5-14-6-7/h1-2,4,7,14H,3,5-6H2,(H,15,16). The van der Waals surface area contributed by atoms with Gasteiger partial charge in [-0.25, -0.2) is 0 Å². The lowest BCUT2D eigenvalue weighted by Crippen LogP contribution is -2.43. The van der Waals surface area contributed by atoms with Gasteiger partial charge in [-0.05, 0) is 37.2 Å². The maximum absolute atomic E-state index is 11.6. The monoisotopic (exact) mass is 258 g/mol. The van der Waals surface area contributed by atoms with E-state index < -0.39 is 0 Å². The molecule has 1 fully saturated rings. The first-order valence-corrected chi connectivity index (χ1v) is 5.86. The van der Waals surface area contributed by atoms with Crippen LogP contribution in [-0.2, 0) is 4.79 Å². The molecule has 1 saturated heterocycles. The minimum Gasteiger partial charge on any atom is -0.326 e. The number of carbonyl (C=O) groups excluding carboxylic acids is 1. The average Bonchev–Trinajstić information content (AvgIpc) is 2.18. The molecule has 0 spiro atoms. The molecule has 0 saturated carbocycles. The zero-order valence-electron chi connectivity index (χ0n) is 8.59. The van der Waals surface area contributed by atoms with Gasteiger partial charge in [0.2, 0.25) is 5.91 Å². The summed E-state index contributed by atoms with van der Waals surface area (Å²) in [7, 11) is 0. The maximum atomic E-state index is 11.6. The van der Waals surface area contributed by atoms with Crippen molar-refractivity contribution in [1.29, 1.82) is 0 Å². The van der Waals surface area contributed by atoms with E-state index in [1.807, 2.05) is 0 Å². The second-order valence-electron chi connectivity index (χ2n) is 3.91. The lowest BCUT2D eigenvalue weighted by Gasteiger charge is -2.26. The summed E-state index contributed by atoms with van der Waals surface area (Å²) in [6.45, 7) is 1.85. The zero-order chi connectivity index (χ0) is 11.5. The fraction of sp³-hybridized carbons (Fsp3) is 0.364. The van der Waals surface area contributed by atoms with E-state index in [1.54, 1.807) is 18.2 Å². The van der Waals surface area contributed by atoms with E-state index in [0.29, 0.717) is 28.1 Å². The van der Waals surface area contributed by atoms with Crippen molar-refractivity contribution < 1.29 is 4.79 Å². The molecule has 1 heterocycles. The Morgan fingerprint density at radius 1 is 1.38 bits per heavy atom. The number of benzene rings is 1. The van der Waals surface area contributed by atoms with Gasteiger partial charge in [-0.3, -0.25) is 4.79 Å². The van der Waals surface area contributed by atoms with Gasteiger partial charge in [0.25, 0.3) is 0 Å². The second-order valence-corrected chi connectivity index (χ2v) is 4.72. The van der Waals surface area contributed by atoms with Crippen molar-refractivity contribution in [3.8, 4) is 0 Å². The number of anilines is 1. The van der Waals surface area contributed by atoms with Crippen molar-refractivity contribution in [2.24, 2.45) is 5.92 Å². The van der Waals surface area contributed by atoms with Crippen molar-refractivity contribution in [3.63, 3.8) is 0 Å². The van der Waals surface area contributed by atoms with Crippen LogP contribution in [0.5, 0.6) is 0 Å².